The van der Waals surface area contributed by atoms with Crippen molar-refractivity contribution in [1.82, 2.24) is 10.2 Å². The molecule has 1 heterocycles. The first kappa shape index (κ1) is 13.8. The van der Waals surface area contributed by atoms with E-state index in [0.717, 1.165) is 26.1 Å². The first-order valence-electron chi connectivity index (χ1n) is 6.19. The van der Waals surface area contributed by atoms with Crippen LogP contribution in [-0.4, -0.2) is 36.5 Å². The van der Waals surface area contributed by atoms with Crippen LogP contribution in [0.25, 0.3) is 0 Å². The number of nitrogens with one attached hydrogen (secondary N) is 1. The zero-order chi connectivity index (χ0) is 10.8. The summed E-state index contributed by atoms with van der Waals surface area (Å²) in [4.78, 5) is 14.4. The van der Waals surface area contributed by atoms with Gasteiger partial charge in [0.2, 0.25) is 5.91 Å². The van der Waals surface area contributed by atoms with Crippen LogP contribution in [0.15, 0.2) is 0 Å². The maximum Gasteiger partial charge on any atom is 0.227 e. The van der Waals surface area contributed by atoms with Crippen LogP contribution in [0.4, 0.5) is 0 Å². The number of rotatable bonds is 4. The predicted octanol–water partition coefficient (Wildman–Crippen LogP) is 1.66. The van der Waals surface area contributed by atoms with Gasteiger partial charge in [0, 0.05) is 19.1 Å². The average Bonchev–Trinajstić information content (AvgIpc) is 2.88. The van der Waals surface area contributed by atoms with Gasteiger partial charge >= 0.3 is 0 Å². The number of halogens is 1. The SMILES string of the molecule is CC(C)CN(C(=O)[C@@H]1CCNC1)C1CC1.Cl. The summed E-state index contributed by atoms with van der Waals surface area (Å²) < 4.78 is 0. The molecule has 1 aliphatic carbocycles. The molecule has 1 saturated heterocycles. The molecule has 1 N–H and O–H groups in total. The summed E-state index contributed by atoms with van der Waals surface area (Å²) in [6.45, 7) is 7.22. The smallest absolute Gasteiger partial charge is 0.227 e. The minimum atomic E-state index is 0. The molecule has 1 amide bonds. The Balaban J connectivity index is 0.00000128. The Morgan fingerprint density at radius 1 is 1.38 bits per heavy atom. The Labute approximate surface area is 104 Å². The van der Waals surface area contributed by atoms with Crippen molar-refractivity contribution in [2.75, 3.05) is 19.6 Å². The highest BCUT2D eigenvalue weighted by Gasteiger charge is 2.36. The van der Waals surface area contributed by atoms with E-state index in [4.69, 9.17) is 0 Å². The topological polar surface area (TPSA) is 32.3 Å². The second kappa shape index (κ2) is 5.87. The van der Waals surface area contributed by atoms with Crippen LogP contribution >= 0.6 is 12.4 Å². The van der Waals surface area contributed by atoms with Crippen molar-refractivity contribution in [3.63, 3.8) is 0 Å². The molecule has 2 rings (SSSR count). The minimum Gasteiger partial charge on any atom is -0.339 e. The molecule has 94 valence electrons. The summed E-state index contributed by atoms with van der Waals surface area (Å²) in [5.41, 5.74) is 0. The molecule has 2 aliphatic rings. The van der Waals surface area contributed by atoms with Gasteiger partial charge in [0.05, 0.1) is 5.92 Å². The molecule has 16 heavy (non-hydrogen) atoms. The summed E-state index contributed by atoms with van der Waals surface area (Å²) in [6, 6.07) is 0.570. The molecule has 0 radical (unpaired) electrons. The number of carbonyl (C=O) groups excluding carboxylic acids is 1. The zero-order valence-corrected chi connectivity index (χ0v) is 11.1. The van der Waals surface area contributed by atoms with Crippen molar-refractivity contribution in [3.8, 4) is 0 Å². The average molecular weight is 247 g/mol. The highest BCUT2D eigenvalue weighted by molar-refractivity contribution is 5.85. The third kappa shape index (κ3) is 3.36. The van der Waals surface area contributed by atoms with E-state index in [-0.39, 0.29) is 18.3 Å². The fourth-order valence-electron chi connectivity index (χ4n) is 2.30. The quantitative estimate of drug-likeness (QED) is 0.819. The Bertz CT molecular complexity index is 235. The number of nitrogens with zero attached hydrogens (tertiary/aromatic N) is 1. The van der Waals surface area contributed by atoms with Gasteiger partial charge < -0.3 is 10.2 Å². The van der Waals surface area contributed by atoms with Gasteiger partial charge in [-0.05, 0) is 31.7 Å². The number of hydrogen-bond donors (Lipinski definition) is 1. The van der Waals surface area contributed by atoms with Crippen LogP contribution in [0.5, 0.6) is 0 Å². The lowest BCUT2D eigenvalue weighted by Crippen LogP contribution is -2.40. The largest absolute Gasteiger partial charge is 0.339 e. The lowest BCUT2D eigenvalue weighted by atomic mass is 10.1. The summed E-state index contributed by atoms with van der Waals surface area (Å²) in [6.07, 6.45) is 3.47. The van der Waals surface area contributed by atoms with E-state index < -0.39 is 0 Å². The standard InChI is InChI=1S/C12H22N2O.ClH/c1-9(2)8-14(11-3-4-11)12(15)10-5-6-13-7-10;/h9-11,13H,3-8H2,1-2H3;1H/t10-;/m1./s1. The summed E-state index contributed by atoms with van der Waals surface area (Å²) in [5.74, 6) is 1.24. The maximum atomic E-state index is 12.2. The van der Waals surface area contributed by atoms with E-state index in [1.54, 1.807) is 0 Å². The molecule has 1 atom stereocenters. The molecule has 0 aromatic carbocycles. The van der Waals surface area contributed by atoms with E-state index >= 15 is 0 Å². The van der Waals surface area contributed by atoms with E-state index in [9.17, 15) is 4.79 Å². The Morgan fingerprint density at radius 3 is 2.50 bits per heavy atom. The number of amides is 1. The van der Waals surface area contributed by atoms with Crippen molar-refractivity contribution in [2.45, 2.75) is 39.2 Å². The lowest BCUT2D eigenvalue weighted by molar-refractivity contribution is -0.136. The molecule has 3 nitrogen and oxygen atoms in total. The first-order chi connectivity index (χ1) is 7.18. The highest BCUT2D eigenvalue weighted by atomic mass is 35.5. The number of hydrogen-bond acceptors (Lipinski definition) is 2. The monoisotopic (exact) mass is 246 g/mol. The highest BCUT2D eigenvalue weighted by Crippen LogP contribution is 2.29. The predicted molar refractivity (Wildman–Crippen MR) is 67.8 cm³/mol. The molecule has 0 unspecified atom stereocenters. The Kier molecular flexibility index (Phi) is 5.06. The molecular formula is C12H23ClN2O. The van der Waals surface area contributed by atoms with Crippen molar-refractivity contribution >= 4 is 18.3 Å². The van der Waals surface area contributed by atoms with Crippen molar-refractivity contribution < 1.29 is 4.79 Å². The van der Waals surface area contributed by atoms with E-state index in [0.29, 0.717) is 17.9 Å². The third-order valence-corrected chi connectivity index (χ3v) is 3.24. The van der Waals surface area contributed by atoms with Crippen LogP contribution in [0, 0.1) is 11.8 Å². The van der Waals surface area contributed by atoms with Gasteiger partial charge in [-0.1, -0.05) is 13.8 Å². The fourth-order valence-corrected chi connectivity index (χ4v) is 2.30. The Hall–Kier alpha value is -0.280. The molecule has 1 saturated carbocycles. The zero-order valence-electron chi connectivity index (χ0n) is 10.2. The van der Waals surface area contributed by atoms with Gasteiger partial charge in [0.25, 0.3) is 0 Å². The van der Waals surface area contributed by atoms with Crippen molar-refractivity contribution in [2.24, 2.45) is 11.8 Å². The van der Waals surface area contributed by atoms with Gasteiger partial charge in [-0.15, -0.1) is 12.4 Å². The van der Waals surface area contributed by atoms with Gasteiger partial charge in [-0.3, -0.25) is 4.79 Å². The van der Waals surface area contributed by atoms with Crippen molar-refractivity contribution in [1.29, 1.82) is 0 Å². The fraction of sp³-hybridized carbons (Fsp3) is 0.917. The molecule has 0 spiro atoms. The molecule has 1 aliphatic heterocycles. The third-order valence-electron chi connectivity index (χ3n) is 3.24. The molecule has 0 aromatic heterocycles. The van der Waals surface area contributed by atoms with Crippen LogP contribution in [0.2, 0.25) is 0 Å². The minimum absolute atomic E-state index is 0. The van der Waals surface area contributed by atoms with Crippen LogP contribution in [0.3, 0.4) is 0 Å². The van der Waals surface area contributed by atoms with Gasteiger partial charge in [0.1, 0.15) is 0 Å². The first-order valence-corrected chi connectivity index (χ1v) is 6.19. The summed E-state index contributed by atoms with van der Waals surface area (Å²) >= 11 is 0. The Morgan fingerprint density at radius 2 is 2.06 bits per heavy atom. The number of carbonyl (C=O) groups is 1. The molecular weight excluding hydrogens is 224 g/mol. The van der Waals surface area contributed by atoms with Crippen LogP contribution in [-0.2, 0) is 4.79 Å². The van der Waals surface area contributed by atoms with Crippen molar-refractivity contribution in [3.05, 3.63) is 0 Å². The van der Waals surface area contributed by atoms with E-state index in [1.165, 1.54) is 12.8 Å². The summed E-state index contributed by atoms with van der Waals surface area (Å²) in [7, 11) is 0. The van der Waals surface area contributed by atoms with Gasteiger partial charge in [0.15, 0.2) is 0 Å². The van der Waals surface area contributed by atoms with Crippen LogP contribution < -0.4 is 5.32 Å². The van der Waals surface area contributed by atoms with Crippen LogP contribution in [0.1, 0.15) is 33.1 Å². The van der Waals surface area contributed by atoms with Gasteiger partial charge in [-0.25, -0.2) is 0 Å². The van der Waals surface area contributed by atoms with E-state index in [1.807, 2.05) is 0 Å². The normalized spacial score (nSPS) is 24.3. The molecule has 0 aromatic rings. The van der Waals surface area contributed by atoms with E-state index in [2.05, 4.69) is 24.1 Å². The van der Waals surface area contributed by atoms with Gasteiger partial charge in [-0.2, -0.15) is 0 Å². The second-order valence-electron chi connectivity index (χ2n) is 5.31. The second-order valence-corrected chi connectivity index (χ2v) is 5.31. The summed E-state index contributed by atoms with van der Waals surface area (Å²) in [5, 5.41) is 3.27. The molecule has 4 heteroatoms. The molecule has 0 bridgehead atoms. The maximum absolute atomic E-state index is 12.2. The lowest BCUT2D eigenvalue weighted by Gasteiger charge is -2.27. The molecule has 2 fully saturated rings.